The van der Waals surface area contributed by atoms with Crippen LogP contribution in [0.3, 0.4) is 0 Å². The fourth-order valence-corrected chi connectivity index (χ4v) is 3.24. The summed E-state index contributed by atoms with van der Waals surface area (Å²) < 4.78 is 0. The van der Waals surface area contributed by atoms with Gasteiger partial charge in [-0.15, -0.1) is 0 Å². The third-order valence-corrected chi connectivity index (χ3v) is 5.00. The molecule has 0 fully saturated rings. The zero-order valence-electron chi connectivity index (χ0n) is 14.3. The van der Waals surface area contributed by atoms with Crippen LogP contribution >= 0.6 is 0 Å². The molecule has 0 aliphatic heterocycles. The number of hydrogen-bond donors (Lipinski definition) is 0. The predicted molar refractivity (Wildman–Crippen MR) is 97.2 cm³/mol. The van der Waals surface area contributed by atoms with Crippen LogP contribution in [0.2, 0.25) is 0 Å². The first-order valence-corrected chi connectivity index (χ1v) is 8.79. The van der Waals surface area contributed by atoms with Crippen LogP contribution in [-0.2, 0) is 6.42 Å². The van der Waals surface area contributed by atoms with Crippen molar-refractivity contribution < 1.29 is 0 Å². The molecule has 2 aromatic rings. The van der Waals surface area contributed by atoms with E-state index in [9.17, 15) is 0 Å². The molecule has 0 nitrogen and oxygen atoms in total. The summed E-state index contributed by atoms with van der Waals surface area (Å²) in [6.07, 6.45) is 5.02. The molecule has 0 amide bonds. The molecule has 0 heteroatoms. The van der Waals surface area contributed by atoms with Gasteiger partial charge in [-0.05, 0) is 48.1 Å². The van der Waals surface area contributed by atoms with Gasteiger partial charge >= 0.3 is 0 Å². The van der Waals surface area contributed by atoms with E-state index in [1.54, 1.807) is 0 Å². The predicted octanol–water partition coefficient (Wildman–Crippen LogP) is 6.48. The van der Waals surface area contributed by atoms with Crippen molar-refractivity contribution in [1.82, 2.24) is 0 Å². The zero-order valence-corrected chi connectivity index (χ0v) is 14.3. The summed E-state index contributed by atoms with van der Waals surface area (Å²) in [5.41, 5.74) is 2.98. The third-order valence-electron chi connectivity index (χ3n) is 5.00. The Balaban J connectivity index is 2.03. The molecule has 3 unspecified atom stereocenters. The highest BCUT2D eigenvalue weighted by atomic mass is 14.3. The van der Waals surface area contributed by atoms with E-state index in [1.807, 2.05) is 0 Å². The Kier molecular flexibility index (Phi) is 6.71. The second-order valence-corrected chi connectivity index (χ2v) is 6.77. The maximum Gasteiger partial charge on any atom is -0.0134 e. The lowest BCUT2D eigenvalue weighted by atomic mass is 9.78. The van der Waals surface area contributed by atoms with Crippen LogP contribution in [0.25, 0.3) is 0 Å². The van der Waals surface area contributed by atoms with Crippen molar-refractivity contribution >= 4 is 0 Å². The van der Waals surface area contributed by atoms with E-state index in [4.69, 9.17) is 0 Å². The summed E-state index contributed by atoms with van der Waals surface area (Å²) in [6, 6.07) is 22.0. The van der Waals surface area contributed by atoms with E-state index in [0.29, 0.717) is 5.92 Å². The summed E-state index contributed by atoms with van der Waals surface area (Å²) >= 11 is 0. The molecule has 0 aromatic heterocycles. The fourth-order valence-electron chi connectivity index (χ4n) is 3.24. The SMILES string of the molecule is CCC(C)CC(c1ccccc1)C(C)CCc1ccccc1. The van der Waals surface area contributed by atoms with Gasteiger partial charge in [0.05, 0.1) is 0 Å². The molecule has 0 N–H and O–H groups in total. The summed E-state index contributed by atoms with van der Waals surface area (Å²) in [5.74, 6) is 2.20. The van der Waals surface area contributed by atoms with Crippen molar-refractivity contribution in [1.29, 1.82) is 0 Å². The van der Waals surface area contributed by atoms with E-state index in [1.165, 1.54) is 36.8 Å². The quantitative estimate of drug-likeness (QED) is 0.523. The van der Waals surface area contributed by atoms with Gasteiger partial charge in [0.15, 0.2) is 0 Å². The van der Waals surface area contributed by atoms with Gasteiger partial charge in [0.1, 0.15) is 0 Å². The van der Waals surface area contributed by atoms with Crippen LogP contribution < -0.4 is 0 Å². The van der Waals surface area contributed by atoms with Gasteiger partial charge in [-0.25, -0.2) is 0 Å². The first-order chi connectivity index (χ1) is 10.7. The van der Waals surface area contributed by atoms with Gasteiger partial charge in [-0.2, -0.15) is 0 Å². The Labute approximate surface area is 136 Å². The first-order valence-electron chi connectivity index (χ1n) is 8.79. The number of rotatable bonds is 8. The minimum Gasteiger partial charge on any atom is -0.0651 e. The van der Waals surface area contributed by atoms with Crippen LogP contribution in [0.5, 0.6) is 0 Å². The molecular weight excluding hydrogens is 264 g/mol. The van der Waals surface area contributed by atoms with E-state index in [-0.39, 0.29) is 0 Å². The standard InChI is InChI=1S/C22H30/c1-4-18(2)17-22(21-13-9-6-10-14-21)19(3)15-16-20-11-7-5-8-12-20/h5-14,18-19,22H,4,15-17H2,1-3H3. The van der Waals surface area contributed by atoms with Gasteiger partial charge in [-0.1, -0.05) is 87.9 Å². The highest BCUT2D eigenvalue weighted by Crippen LogP contribution is 2.34. The number of benzene rings is 2. The van der Waals surface area contributed by atoms with E-state index in [2.05, 4.69) is 81.4 Å². The normalized spacial score (nSPS) is 15.2. The summed E-state index contributed by atoms with van der Waals surface area (Å²) in [5, 5.41) is 0. The highest BCUT2D eigenvalue weighted by molar-refractivity contribution is 5.21. The second-order valence-electron chi connectivity index (χ2n) is 6.77. The van der Waals surface area contributed by atoms with Crippen LogP contribution in [0, 0.1) is 11.8 Å². The van der Waals surface area contributed by atoms with Gasteiger partial charge in [0.2, 0.25) is 0 Å². The summed E-state index contributed by atoms with van der Waals surface area (Å²) in [6.45, 7) is 7.13. The Morgan fingerprint density at radius 1 is 0.818 bits per heavy atom. The largest absolute Gasteiger partial charge is 0.0651 e. The number of hydrogen-bond acceptors (Lipinski definition) is 0. The van der Waals surface area contributed by atoms with Crippen LogP contribution in [-0.4, -0.2) is 0 Å². The van der Waals surface area contributed by atoms with Crippen LogP contribution in [0.1, 0.15) is 57.1 Å². The topological polar surface area (TPSA) is 0 Å². The minimum absolute atomic E-state index is 0.680. The zero-order chi connectivity index (χ0) is 15.8. The van der Waals surface area contributed by atoms with E-state index < -0.39 is 0 Å². The lowest BCUT2D eigenvalue weighted by Crippen LogP contribution is -2.14. The molecule has 118 valence electrons. The molecule has 0 saturated carbocycles. The Bertz CT molecular complexity index is 514. The molecule has 0 heterocycles. The second kappa shape index (κ2) is 8.78. The molecule has 0 aliphatic carbocycles. The Morgan fingerprint density at radius 3 is 2.00 bits per heavy atom. The highest BCUT2D eigenvalue weighted by Gasteiger charge is 2.21. The molecule has 2 rings (SSSR count). The van der Waals surface area contributed by atoms with Crippen LogP contribution in [0.4, 0.5) is 0 Å². The van der Waals surface area contributed by atoms with Gasteiger partial charge < -0.3 is 0 Å². The monoisotopic (exact) mass is 294 g/mol. The number of aryl methyl sites for hydroxylation is 1. The van der Waals surface area contributed by atoms with Crippen molar-refractivity contribution in [2.24, 2.45) is 11.8 Å². The maximum absolute atomic E-state index is 2.43. The molecule has 0 spiro atoms. The first kappa shape index (κ1) is 16.8. The molecular formula is C22H30. The third kappa shape index (κ3) is 5.02. The average Bonchev–Trinajstić information content (AvgIpc) is 2.59. The van der Waals surface area contributed by atoms with Crippen molar-refractivity contribution in [3.05, 3.63) is 71.8 Å². The molecule has 2 aromatic carbocycles. The minimum atomic E-state index is 0.680. The van der Waals surface area contributed by atoms with Crippen molar-refractivity contribution in [3.8, 4) is 0 Å². The Hall–Kier alpha value is -1.56. The maximum atomic E-state index is 2.43. The molecule has 0 radical (unpaired) electrons. The molecule has 3 atom stereocenters. The van der Waals surface area contributed by atoms with Gasteiger partial charge in [-0.3, -0.25) is 0 Å². The molecule has 0 saturated heterocycles. The molecule has 0 bridgehead atoms. The Morgan fingerprint density at radius 2 is 1.41 bits per heavy atom. The van der Waals surface area contributed by atoms with Gasteiger partial charge in [0.25, 0.3) is 0 Å². The average molecular weight is 294 g/mol. The summed E-state index contributed by atoms with van der Waals surface area (Å²) in [7, 11) is 0. The molecule has 22 heavy (non-hydrogen) atoms. The van der Waals surface area contributed by atoms with Crippen LogP contribution in [0.15, 0.2) is 60.7 Å². The smallest absolute Gasteiger partial charge is 0.0134 e. The van der Waals surface area contributed by atoms with Crippen molar-refractivity contribution in [2.75, 3.05) is 0 Å². The van der Waals surface area contributed by atoms with Gasteiger partial charge in [0, 0.05) is 0 Å². The van der Waals surface area contributed by atoms with E-state index in [0.717, 1.165) is 11.8 Å². The van der Waals surface area contributed by atoms with Crippen molar-refractivity contribution in [2.45, 2.75) is 52.4 Å². The summed E-state index contributed by atoms with van der Waals surface area (Å²) in [4.78, 5) is 0. The van der Waals surface area contributed by atoms with Crippen molar-refractivity contribution in [3.63, 3.8) is 0 Å². The van der Waals surface area contributed by atoms with E-state index >= 15 is 0 Å². The fraction of sp³-hybridized carbons (Fsp3) is 0.455. The lowest BCUT2D eigenvalue weighted by molar-refractivity contribution is 0.351. The lowest BCUT2D eigenvalue weighted by Gasteiger charge is -2.27. The molecule has 0 aliphatic rings.